The van der Waals surface area contributed by atoms with Gasteiger partial charge in [0.25, 0.3) is 5.91 Å². The van der Waals surface area contributed by atoms with Crippen molar-refractivity contribution in [1.82, 2.24) is 19.6 Å². The van der Waals surface area contributed by atoms with Gasteiger partial charge in [0.15, 0.2) is 5.65 Å². The lowest BCUT2D eigenvalue weighted by molar-refractivity contribution is 0.102. The predicted molar refractivity (Wildman–Crippen MR) is 90.6 cm³/mol. The fourth-order valence-corrected chi connectivity index (χ4v) is 2.53. The zero-order chi connectivity index (χ0) is 16.4. The molecule has 0 unspecified atom stereocenters. The number of amides is 1. The SMILES string of the molecule is O=C(Nc1ccncc1-c1ccccc1)c1cnn2cccnc12. The fraction of sp³-hybridized carbons (Fsp3) is 0. The van der Waals surface area contributed by atoms with E-state index in [-0.39, 0.29) is 5.91 Å². The van der Waals surface area contributed by atoms with Crippen LogP contribution in [0.1, 0.15) is 10.4 Å². The van der Waals surface area contributed by atoms with Crippen molar-refractivity contribution in [3.63, 3.8) is 0 Å². The summed E-state index contributed by atoms with van der Waals surface area (Å²) in [6.07, 6.45) is 8.29. The molecular formula is C18H13N5O. The molecule has 0 fully saturated rings. The highest BCUT2D eigenvalue weighted by Gasteiger charge is 2.15. The molecule has 0 saturated heterocycles. The van der Waals surface area contributed by atoms with Crippen molar-refractivity contribution >= 4 is 17.2 Å². The molecular weight excluding hydrogens is 302 g/mol. The largest absolute Gasteiger partial charge is 0.321 e. The second kappa shape index (κ2) is 5.92. The molecule has 0 spiro atoms. The number of hydrogen-bond donors (Lipinski definition) is 1. The summed E-state index contributed by atoms with van der Waals surface area (Å²) in [5.41, 5.74) is 3.47. The predicted octanol–water partition coefficient (Wildman–Crippen LogP) is 3.04. The van der Waals surface area contributed by atoms with E-state index in [0.717, 1.165) is 11.1 Å². The van der Waals surface area contributed by atoms with Gasteiger partial charge in [-0.25, -0.2) is 9.50 Å². The van der Waals surface area contributed by atoms with Gasteiger partial charge in [0.1, 0.15) is 5.56 Å². The number of rotatable bonds is 3. The summed E-state index contributed by atoms with van der Waals surface area (Å²) >= 11 is 0. The first-order valence-electron chi connectivity index (χ1n) is 7.42. The van der Waals surface area contributed by atoms with Crippen LogP contribution in [0.2, 0.25) is 0 Å². The molecule has 6 heteroatoms. The quantitative estimate of drug-likeness (QED) is 0.631. The Hall–Kier alpha value is -3.54. The van der Waals surface area contributed by atoms with Gasteiger partial charge in [0.05, 0.1) is 11.9 Å². The molecule has 0 aliphatic rings. The summed E-state index contributed by atoms with van der Waals surface area (Å²) in [7, 11) is 0. The maximum absolute atomic E-state index is 12.6. The van der Waals surface area contributed by atoms with E-state index < -0.39 is 0 Å². The van der Waals surface area contributed by atoms with Crippen LogP contribution in [0.25, 0.3) is 16.8 Å². The average molecular weight is 315 g/mol. The summed E-state index contributed by atoms with van der Waals surface area (Å²) in [5.74, 6) is -0.257. The highest BCUT2D eigenvalue weighted by molar-refractivity contribution is 6.09. The van der Waals surface area contributed by atoms with Crippen LogP contribution in [0.4, 0.5) is 5.69 Å². The zero-order valence-corrected chi connectivity index (χ0v) is 12.6. The van der Waals surface area contributed by atoms with E-state index in [9.17, 15) is 4.79 Å². The minimum atomic E-state index is -0.257. The number of hydrogen-bond acceptors (Lipinski definition) is 4. The van der Waals surface area contributed by atoms with Crippen LogP contribution in [0.15, 0.2) is 73.4 Å². The van der Waals surface area contributed by atoms with Crippen molar-refractivity contribution in [2.75, 3.05) is 5.32 Å². The molecule has 1 aromatic carbocycles. The van der Waals surface area contributed by atoms with Crippen molar-refractivity contribution in [2.24, 2.45) is 0 Å². The maximum atomic E-state index is 12.6. The number of aromatic nitrogens is 4. The first kappa shape index (κ1) is 14.1. The Morgan fingerprint density at radius 2 is 1.88 bits per heavy atom. The highest BCUT2D eigenvalue weighted by Crippen LogP contribution is 2.27. The molecule has 0 aliphatic heterocycles. The molecule has 116 valence electrons. The number of fused-ring (bicyclic) bond motifs is 1. The molecule has 3 heterocycles. The number of carbonyl (C=O) groups is 1. The lowest BCUT2D eigenvalue weighted by atomic mass is 10.1. The topological polar surface area (TPSA) is 72.2 Å². The van der Waals surface area contributed by atoms with Crippen molar-refractivity contribution in [2.45, 2.75) is 0 Å². The summed E-state index contributed by atoms with van der Waals surface area (Å²) in [4.78, 5) is 21.0. The first-order chi connectivity index (χ1) is 11.8. The molecule has 0 saturated carbocycles. The summed E-state index contributed by atoms with van der Waals surface area (Å²) in [6, 6.07) is 13.3. The molecule has 4 rings (SSSR count). The number of benzene rings is 1. The Morgan fingerprint density at radius 3 is 2.75 bits per heavy atom. The molecule has 1 N–H and O–H groups in total. The van der Waals surface area contributed by atoms with E-state index in [0.29, 0.717) is 16.9 Å². The fourth-order valence-electron chi connectivity index (χ4n) is 2.53. The van der Waals surface area contributed by atoms with E-state index in [1.165, 1.54) is 6.20 Å². The molecule has 24 heavy (non-hydrogen) atoms. The van der Waals surface area contributed by atoms with Crippen LogP contribution in [0.3, 0.4) is 0 Å². The van der Waals surface area contributed by atoms with Gasteiger partial charge in [-0.1, -0.05) is 30.3 Å². The monoisotopic (exact) mass is 315 g/mol. The van der Waals surface area contributed by atoms with Gasteiger partial charge < -0.3 is 5.32 Å². The number of nitrogens with one attached hydrogen (secondary N) is 1. The van der Waals surface area contributed by atoms with Gasteiger partial charge in [0.2, 0.25) is 0 Å². The lowest BCUT2D eigenvalue weighted by Crippen LogP contribution is -2.13. The molecule has 3 aromatic heterocycles. The van der Waals surface area contributed by atoms with E-state index in [2.05, 4.69) is 20.4 Å². The lowest BCUT2D eigenvalue weighted by Gasteiger charge is -2.10. The van der Waals surface area contributed by atoms with Crippen molar-refractivity contribution in [3.05, 3.63) is 79.0 Å². The highest BCUT2D eigenvalue weighted by atomic mass is 16.1. The van der Waals surface area contributed by atoms with Crippen LogP contribution >= 0.6 is 0 Å². The normalized spacial score (nSPS) is 10.7. The van der Waals surface area contributed by atoms with Gasteiger partial charge in [0, 0.05) is 30.4 Å². The van der Waals surface area contributed by atoms with Crippen molar-refractivity contribution in [1.29, 1.82) is 0 Å². The van der Waals surface area contributed by atoms with Crippen LogP contribution in [-0.2, 0) is 0 Å². The third-order valence-electron chi connectivity index (χ3n) is 3.68. The van der Waals surface area contributed by atoms with Crippen LogP contribution < -0.4 is 5.32 Å². The molecule has 1 amide bonds. The zero-order valence-electron chi connectivity index (χ0n) is 12.6. The number of pyridine rings is 1. The average Bonchev–Trinajstić information content (AvgIpc) is 3.07. The number of nitrogens with zero attached hydrogens (tertiary/aromatic N) is 4. The van der Waals surface area contributed by atoms with E-state index in [1.54, 1.807) is 41.4 Å². The third-order valence-corrected chi connectivity index (χ3v) is 3.68. The molecule has 0 bridgehead atoms. The first-order valence-corrected chi connectivity index (χ1v) is 7.42. The Labute approximate surface area is 137 Å². The maximum Gasteiger partial charge on any atom is 0.261 e. The van der Waals surface area contributed by atoms with Gasteiger partial charge in [-0.15, -0.1) is 0 Å². The van der Waals surface area contributed by atoms with Crippen molar-refractivity contribution < 1.29 is 4.79 Å². The van der Waals surface area contributed by atoms with E-state index >= 15 is 0 Å². The minimum absolute atomic E-state index is 0.257. The number of carbonyl (C=O) groups excluding carboxylic acids is 1. The Kier molecular flexibility index (Phi) is 3.47. The standard InChI is InChI=1S/C18H13N5O/c24-18(15-12-21-23-10-4-8-20-17(15)23)22-16-7-9-19-11-14(16)13-5-2-1-3-6-13/h1-12H,(H,19,22,24). The number of anilines is 1. The molecule has 6 nitrogen and oxygen atoms in total. The van der Waals surface area contributed by atoms with Crippen molar-refractivity contribution in [3.8, 4) is 11.1 Å². The van der Waals surface area contributed by atoms with E-state index in [1.807, 2.05) is 30.3 Å². The summed E-state index contributed by atoms with van der Waals surface area (Å²) in [5, 5.41) is 7.07. The van der Waals surface area contributed by atoms with Gasteiger partial charge >= 0.3 is 0 Å². The minimum Gasteiger partial charge on any atom is -0.321 e. The second-order valence-corrected chi connectivity index (χ2v) is 5.19. The second-order valence-electron chi connectivity index (χ2n) is 5.19. The Bertz CT molecular complexity index is 1010. The molecule has 4 aromatic rings. The van der Waals surface area contributed by atoms with Gasteiger partial charge in [-0.2, -0.15) is 5.10 Å². The summed E-state index contributed by atoms with van der Waals surface area (Å²) < 4.78 is 1.57. The smallest absolute Gasteiger partial charge is 0.261 e. The molecule has 0 aliphatic carbocycles. The van der Waals surface area contributed by atoms with Crippen LogP contribution in [-0.4, -0.2) is 25.5 Å². The Morgan fingerprint density at radius 1 is 1.00 bits per heavy atom. The molecule has 0 radical (unpaired) electrons. The third kappa shape index (κ3) is 2.50. The molecule has 0 atom stereocenters. The van der Waals surface area contributed by atoms with E-state index in [4.69, 9.17) is 0 Å². The van der Waals surface area contributed by atoms with Gasteiger partial charge in [-0.05, 0) is 17.7 Å². The Balaban J connectivity index is 1.70. The van der Waals surface area contributed by atoms with Crippen LogP contribution in [0.5, 0.6) is 0 Å². The summed E-state index contributed by atoms with van der Waals surface area (Å²) in [6.45, 7) is 0. The van der Waals surface area contributed by atoms with Gasteiger partial charge in [-0.3, -0.25) is 9.78 Å². The van der Waals surface area contributed by atoms with Crippen LogP contribution in [0, 0.1) is 0 Å².